The van der Waals surface area contributed by atoms with Crippen LogP contribution in [0.3, 0.4) is 0 Å². The van der Waals surface area contributed by atoms with Crippen LogP contribution in [-0.4, -0.2) is 41.2 Å². The second-order valence-corrected chi connectivity index (χ2v) is 17.2. The third-order valence-electron chi connectivity index (χ3n) is 5.43. The van der Waals surface area contributed by atoms with E-state index in [9.17, 15) is 0 Å². The maximum atomic E-state index is 6.49. The molecule has 0 aromatic heterocycles. The van der Waals surface area contributed by atoms with Crippen LogP contribution in [0.1, 0.15) is 80.1 Å². The van der Waals surface area contributed by atoms with Crippen molar-refractivity contribution in [1.82, 2.24) is 0 Å². The van der Waals surface area contributed by atoms with Gasteiger partial charge in [0, 0.05) is 19.8 Å². The van der Waals surface area contributed by atoms with E-state index in [4.69, 9.17) is 25.9 Å². The molecule has 0 fully saturated rings. The minimum Gasteiger partial charge on any atom is -0.373 e. The molecule has 0 bridgehead atoms. The smallest absolute Gasteiger partial charge is 0.373 e. The van der Waals surface area contributed by atoms with Gasteiger partial charge in [-0.05, 0) is 19.3 Å². The Morgan fingerprint density at radius 1 is 0.640 bits per heavy atom. The van der Waals surface area contributed by atoms with E-state index in [1.54, 1.807) is 0 Å². The Balaban J connectivity index is 5.55. The van der Waals surface area contributed by atoms with Crippen LogP contribution >= 0.6 is 12.6 Å². The summed E-state index contributed by atoms with van der Waals surface area (Å²) in [5.41, 5.74) is 0. The van der Waals surface area contributed by atoms with E-state index in [2.05, 4.69) is 41.5 Å². The number of hydrogen-bond acceptors (Lipinski definition) is 4. The number of thiol groups is 1. The predicted octanol–water partition coefficient (Wildman–Crippen LogP) is 6.26. The molecule has 0 aromatic rings. The molecule has 0 rings (SSSR count). The van der Waals surface area contributed by atoms with Crippen molar-refractivity contribution in [3.05, 3.63) is 0 Å². The van der Waals surface area contributed by atoms with E-state index >= 15 is 0 Å². The van der Waals surface area contributed by atoms with Crippen LogP contribution in [0, 0.1) is 0 Å². The van der Waals surface area contributed by atoms with E-state index in [1.807, 2.05) is 0 Å². The molecule has 6 heteroatoms. The van der Waals surface area contributed by atoms with Crippen molar-refractivity contribution in [3.8, 4) is 0 Å². The average Bonchev–Trinajstić information content (AvgIpc) is 2.63. The van der Waals surface area contributed by atoms with Gasteiger partial charge in [-0.25, -0.2) is 0 Å². The highest BCUT2D eigenvalue weighted by Gasteiger charge is 2.56. The molecule has 0 heterocycles. The molecular weight excluding hydrogens is 364 g/mol. The standard InChI is InChI=1S/C19H44O3SSi2/c1-7-13-16-20-25(21-17-14-8-2,22-18-15-9-3)19(23)24(10-4,11-5)12-6/h19,23H,7-18H2,1-6H3/t19-/m0/s1. The van der Waals surface area contributed by atoms with E-state index in [0.717, 1.165) is 58.3 Å². The Bertz CT molecular complexity index is 280. The minimum absolute atomic E-state index is 0.172. The second kappa shape index (κ2) is 14.7. The van der Waals surface area contributed by atoms with E-state index < -0.39 is 16.9 Å². The van der Waals surface area contributed by atoms with Gasteiger partial charge in [-0.1, -0.05) is 78.9 Å². The van der Waals surface area contributed by atoms with Gasteiger partial charge in [0.1, 0.15) is 0 Å². The lowest BCUT2D eigenvalue weighted by Crippen LogP contribution is -2.65. The Kier molecular flexibility index (Phi) is 15.1. The van der Waals surface area contributed by atoms with Gasteiger partial charge in [-0.2, -0.15) is 12.6 Å². The summed E-state index contributed by atoms with van der Waals surface area (Å²) in [7, 11) is -4.37. The fraction of sp³-hybridized carbons (Fsp3) is 1.00. The number of hydrogen-bond donors (Lipinski definition) is 1. The van der Waals surface area contributed by atoms with Crippen molar-refractivity contribution >= 4 is 29.5 Å². The monoisotopic (exact) mass is 408 g/mol. The fourth-order valence-electron chi connectivity index (χ4n) is 3.14. The Hall–Kier alpha value is 0.664. The lowest BCUT2D eigenvalue weighted by atomic mass is 10.4. The predicted molar refractivity (Wildman–Crippen MR) is 118 cm³/mol. The molecule has 0 radical (unpaired) electrons. The molecule has 152 valence electrons. The Labute approximate surface area is 165 Å². The quantitative estimate of drug-likeness (QED) is 0.175. The van der Waals surface area contributed by atoms with Crippen molar-refractivity contribution in [3.63, 3.8) is 0 Å². The Morgan fingerprint density at radius 3 is 1.20 bits per heavy atom. The van der Waals surface area contributed by atoms with Gasteiger partial charge in [0.25, 0.3) is 0 Å². The van der Waals surface area contributed by atoms with Gasteiger partial charge in [0.2, 0.25) is 0 Å². The minimum atomic E-state index is -2.78. The van der Waals surface area contributed by atoms with Gasteiger partial charge >= 0.3 is 8.80 Å². The normalized spacial score (nSPS) is 14.0. The molecule has 0 amide bonds. The summed E-state index contributed by atoms with van der Waals surface area (Å²) in [6.45, 7) is 15.8. The zero-order valence-electron chi connectivity index (χ0n) is 17.7. The average molecular weight is 409 g/mol. The second-order valence-electron chi connectivity index (χ2n) is 7.04. The highest BCUT2D eigenvalue weighted by Crippen LogP contribution is 2.35. The zero-order valence-corrected chi connectivity index (χ0v) is 20.6. The Morgan fingerprint density at radius 2 is 0.960 bits per heavy atom. The van der Waals surface area contributed by atoms with Crippen molar-refractivity contribution in [2.75, 3.05) is 19.8 Å². The summed E-state index contributed by atoms with van der Waals surface area (Å²) < 4.78 is 19.6. The third kappa shape index (κ3) is 8.05. The van der Waals surface area contributed by atoms with E-state index in [-0.39, 0.29) is 4.50 Å². The molecule has 0 saturated heterocycles. The molecule has 0 aliphatic rings. The van der Waals surface area contributed by atoms with Gasteiger partial charge in [-0.15, -0.1) is 0 Å². The van der Waals surface area contributed by atoms with Crippen molar-refractivity contribution in [2.45, 2.75) is 103 Å². The highest BCUT2D eigenvalue weighted by atomic mass is 32.1. The van der Waals surface area contributed by atoms with Crippen molar-refractivity contribution < 1.29 is 13.3 Å². The van der Waals surface area contributed by atoms with Crippen LogP contribution in [0.25, 0.3) is 0 Å². The van der Waals surface area contributed by atoms with Crippen LogP contribution in [-0.2, 0) is 13.3 Å². The van der Waals surface area contributed by atoms with Gasteiger partial charge in [0.05, 0.1) is 12.6 Å². The lowest BCUT2D eigenvalue weighted by Gasteiger charge is -2.43. The van der Waals surface area contributed by atoms with Gasteiger partial charge in [-0.3, -0.25) is 0 Å². The first-order chi connectivity index (χ1) is 12.0. The van der Waals surface area contributed by atoms with Crippen LogP contribution in [0.15, 0.2) is 0 Å². The summed E-state index contributed by atoms with van der Waals surface area (Å²) in [4.78, 5) is 0. The molecule has 0 N–H and O–H groups in total. The first-order valence-electron chi connectivity index (χ1n) is 10.6. The lowest BCUT2D eigenvalue weighted by molar-refractivity contribution is 0.0587. The maximum Gasteiger partial charge on any atom is 0.511 e. The third-order valence-corrected chi connectivity index (χ3v) is 18.8. The summed E-state index contributed by atoms with van der Waals surface area (Å²) in [5, 5.41) is 0. The first-order valence-corrected chi connectivity index (χ1v) is 15.6. The summed E-state index contributed by atoms with van der Waals surface area (Å²) >= 11 is 5.19. The van der Waals surface area contributed by atoms with Crippen LogP contribution in [0.4, 0.5) is 0 Å². The molecule has 0 aliphatic heterocycles. The van der Waals surface area contributed by atoms with Crippen LogP contribution < -0.4 is 0 Å². The molecule has 25 heavy (non-hydrogen) atoms. The maximum absolute atomic E-state index is 6.49. The molecule has 0 spiro atoms. The van der Waals surface area contributed by atoms with Gasteiger partial charge in [0.15, 0.2) is 0 Å². The topological polar surface area (TPSA) is 27.7 Å². The van der Waals surface area contributed by atoms with E-state index in [1.165, 1.54) is 18.1 Å². The van der Waals surface area contributed by atoms with Crippen LogP contribution in [0.2, 0.25) is 18.1 Å². The number of unbranched alkanes of at least 4 members (excludes halogenated alkanes) is 3. The van der Waals surface area contributed by atoms with E-state index in [0.29, 0.717) is 0 Å². The molecule has 0 aromatic carbocycles. The first kappa shape index (κ1) is 25.7. The summed E-state index contributed by atoms with van der Waals surface area (Å²) in [5.74, 6) is 0. The summed E-state index contributed by atoms with van der Waals surface area (Å²) in [6, 6.07) is 3.65. The fourth-order valence-corrected chi connectivity index (χ4v) is 15.7. The number of rotatable bonds is 17. The van der Waals surface area contributed by atoms with Crippen LogP contribution in [0.5, 0.6) is 0 Å². The molecule has 0 aliphatic carbocycles. The zero-order chi connectivity index (χ0) is 19.2. The molecule has 0 unspecified atom stereocenters. The largest absolute Gasteiger partial charge is 0.511 e. The van der Waals surface area contributed by atoms with Crippen molar-refractivity contribution in [2.24, 2.45) is 0 Å². The van der Waals surface area contributed by atoms with Gasteiger partial charge < -0.3 is 13.3 Å². The SMILES string of the molecule is CCCCO[Si](OCCCC)(OCCCC)[C@@H](S)[Si](CC)(CC)CC. The van der Waals surface area contributed by atoms with Crippen molar-refractivity contribution in [1.29, 1.82) is 0 Å². The summed E-state index contributed by atoms with van der Waals surface area (Å²) in [6.07, 6.45) is 6.56. The molecule has 0 saturated carbocycles. The molecule has 3 nitrogen and oxygen atoms in total. The highest BCUT2D eigenvalue weighted by molar-refractivity contribution is 7.85. The molecule has 1 atom stereocenters. The molecular formula is C19H44O3SSi2.